The molecule has 6 heteroatoms. The fourth-order valence-electron chi connectivity index (χ4n) is 2.31. The maximum atomic E-state index is 11.6. The van der Waals surface area contributed by atoms with Crippen LogP contribution in [0.1, 0.15) is 0 Å². The molecule has 1 N–H and O–H groups in total. The largest absolute Gasteiger partial charge is 0.480 e. The first-order chi connectivity index (χ1) is 7.00. The van der Waals surface area contributed by atoms with Crippen LogP contribution in [0.25, 0.3) is 0 Å². The topological polar surface area (TPSA) is 77.9 Å². The van der Waals surface area contributed by atoms with Gasteiger partial charge in [-0.3, -0.25) is 24.2 Å². The minimum absolute atomic E-state index is 0.0999. The number of imide groups is 1. The first-order valence-corrected chi connectivity index (χ1v) is 4.76. The van der Waals surface area contributed by atoms with Gasteiger partial charge in [-0.15, -0.1) is 0 Å². The van der Waals surface area contributed by atoms with Gasteiger partial charge in [0, 0.05) is 20.1 Å². The second-order valence-corrected chi connectivity index (χ2v) is 4.04. The number of nitrogens with zero attached hydrogens (tertiary/aromatic N) is 2. The highest BCUT2D eigenvalue weighted by Crippen LogP contribution is 2.32. The van der Waals surface area contributed by atoms with E-state index in [0.29, 0.717) is 13.1 Å². The molecule has 0 spiro atoms. The lowest BCUT2D eigenvalue weighted by Crippen LogP contribution is -2.35. The molecular weight excluding hydrogens is 200 g/mol. The molecule has 2 aliphatic rings. The Hall–Kier alpha value is -1.43. The molecule has 2 fully saturated rings. The van der Waals surface area contributed by atoms with E-state index in [-0.39, 0.29) is 30.2 Å². The van der Waals surface area contributed by atoms with Crippen LogP contribution < -0.4 is 0 Å². The third-order valence-corrected chi connectivity index (χ3v) is 3.05. The summed E-state index contributed by atoms with van der Waals surface area (Å²) in [6.07, 6.45) is 0. The van der Waals surface area contributed by atoms with Crippen molar-refractivity contribution in [1.29, 1.82) is 0 Å². The van der Waals surface area contributed by atoms with Gasteiger partial charge in [0.2, 0.25) is 11.8 Å². The summed E-state index contributed by atoms with van der Waals surface area (Å²) >= 11 is 0. The molecule has 15 heavy (non-hydrogen) atoms. The zero-order valence-corrected chi connectivity index (χ0v) is 8.34. The van der Waals surface area contributed by atoms with E-state index in [1.807, 2.05) is 0 Å². The second kappa shape index (κ2) is 3.30. The van der Waals surface area contributed by atoms with Gasteiger partial charge < -0.3 is 5.11 Å². The number of aliphatic carboxylic acids is 1. The Bertz CT molecular complexity index is 317. The molecule has 0 aromatic heterocycles. The number of carboxylic acid groups (broad SMARTS) is 1. The Labute approximate surface area is 86.4 Å². The summed E-state index contributed by atoms with van der Waals surface area (Å²) in [5, 5.41) is 8.60. The number of amides is 2. The highest BCUT2D eigenvalue weighted by molar-refractivity contribution is 6.05. The molecule has 0 aromatic rings. The average molecular weight is 212 g/mol. The van der Waals surface area contributed by atoms with E-state index in [9.17, 15) is 14.4 Å². The Morgan fingerprint density at radius 2 is 1.80 bits per heavy atom. The molecule has 0 unspecified atom stereocenters. The van der Waals surface area contributed by atoms with Crippen LogP contribution in [-0.2, 0) is 14.4 Å². The number of hydrogen-bond acceptors (Lipinski definition) is 4. The highest BCUT2D eigenvalue weighted by Gasteiger charge is 2.50. The lowest BCUT2D eigenvalue weighted by molar-refractivity contribution is -0.141. The van der Waals surface area contributed by atoms with Crippen LogP contribution in [0, 0.1) is 11.8 Å². The third kappa shape index (κ3) is 1.50. The summed E-state index contributed by atoms with van der Waals surface area (Å²) in [6, 6.07) is 0. The average Bonchev–Trinajstić information content (AvgIpc) is 2.63. The van der Waals surface area contributed by atoms with Gasteiger partial charge in [-0.05, 0) is 0 Å². The molecule has 6 nitrogen and oxygen atoms in total. The zero-order chi connectivity index (χ0) is 11.2. The van der Waals surface area contributed by atoms with E-state index in [4.69, 9.17) is 5.11 Å². The summed E-state index contributed by atoms with van der Waals surface area (Å²) in [5.41, 5.74) is 0. The van der Waals surface area contributed by atoms with E-state index in [1.165, 1.54) is 7.05 Å². The standard InChI is InChI=1S/C9H12N2O4/c1-10-8(14)5-2-11(4-7(12)13)3-6(5)9(10)15/h5-6H,2-4H2,1H3,(H,12,13)/t5-,6-/m0/s1. The molecule has 2 heterocycles. The second-order valence-electron chi connectivity index (χ2n) is 4.04. The van der Waals surface area contributed by atoms with Crippen molar-refractivity contribution in [1.82, 2.24) is 9.80 Å². The normalized spacial score (nSPS) is 31.1. The van der Waals surface area contributed by atoms with Gasteiger partial charge in [-0.1, -0.05) is 0 Å². The number of fused-ring (bicyclic) bond motifs is 1. The molecule has 2 amide bonds. The van der Waals surface area contributed by atoms with Crippen molar-refractivity contribution in [3.63, 3.8) is 0 Å². The zero-order valence-electron chi connectivity index (χ0n) is 8.34. The summed E-state index contributed by atoms with van der Waals surface area (Å²) in [5.74, 6) is -1.96. The van der Waals surface area contributed by atoms with Gasteiger partial charge in [-0.25, -0.2) is 0 Å². The molecule has 0 aromatic carbocycles. The van der Waals surface area contributed by atoms with E-state index < -0.39 is 5.97 Å². The van der Waals surface area contributed by atoms with Gasteiger partial charge in [0.15, 0.2) is 0 Å². The molecule has 82 valence electrons. The number of carbonyl (C=O) groups excluding carboxylic acids is 2. The van der Waals surface area contributed by atoms with Gasteiger partial charge in [-0.2, -0.15) is 0 Å². The van der Waals surface area contributed by atoms with E-state index in [0.717, 1.165) is 4.90 Å². The minimum Gasteiger partial charge on any atom is -0.480 e. The van der Waals surface area contributed by atoms with Crippen molar-refractivity contribution in [2.75, 3.05) is 26.7 Å². The summed E-state index contributed by atoms with van der Waals surface area (Å²) < 4.78 is 0. The van der Waals surface area contributed by atoms with Crippen LogP contribution in [0.2, 0.25) is 0 Å². The summed E-state index contributed by atoms with van der Waals surface area (Å²) in [6.45, 7) is 0.662. The molecule has 0 bridgehead atoms. The summed E-state index contributed by atoms with van der Waals surface area (Å²) in [4.78, 5) is 36.4. The van der Waals surface area contributed by atoms with Gasteiger partial charge >= 0.3 is 5.97 Å². The smallest absolute Gasteiger partial charge is 0.317 e. The van der Waals surface area contributed by atoms with Gasteiger partial charge in [0.1, 0.15) is 0 Å². The fraction of sp³-hybridized carbons (Fsp3) is 0.667. The number of likely N-dealkylation sites (tertiary alicyclic amines) is 2. The lowest BCUT2D eigenvalue weighted by Gasteiger charge is -2.15. The van der Waals surface area contributed by atoms with Crippen molar-refractivity contribution in [3.05, 3.63) is 0 Å². The molecule has 2 atom stereocenters. The maximum Gasteiger partial charge on any atom is 0.317 e. The molecular formula is C9H12N2O4. The van der Waals surface area contributed by atoms with Gasteiger partial charge in [0.25, 0.3) is 0 Å². The number of carbonyl (C=O) groups is 3. The van der Waals surface area contributed by atoms with Crippen molar-refractivity contribution >= 4 is 17.8 Å². The number of rotatable bonds is 2. The first-order valence-electron chi connectivity index (χ1n) is 4.76. The highest BCUT2D eigenvalue weighted by atomic mass is 16.4. The van der Waals surface area contributed by atoms with Crippen LogP contribution >= 0.6 is 0 Å². The van der Waals surface area contributed by atoms with Crippen LogP contribution in [0.4, 0.5) is 0 Å². The SMILES string of the molecule is CN1C(=O)[C@H]2CN(CC(=O)O)C[C@@H]2C1=O. The molecule has 0 aliphatic carbocycles. The Morgan fingerprint density at radius 1 is 1.33 bits per heavy atom. The monoisotopic (exact) mass is 212 g/mol. The quantitative estimate of drug-likeness (QED) is 0.571. The fourth-order valence-corrected chi connectivity index (χ4v) is 2.31. The Kier molecular flexibility index (Phi) is 2.22. The van der Waals surface area contributed by atoms with Crippen molar-refractivity contribution < 1.29 is 19.5 Å². The minimum atomic E-state index is -0.928. The lowest BCUT2D eigenvalue weighted by atomic mass is 10.00. The van der Waals surface area contributed by atoms with Crippen LogP contribution in [0.15, 0.2) is 0 Å². The van der Waals surface area contributed by atoms with Crippen molar-refractivity contribution in [2.24, 2.45) is 11.8 Å². The molecule has 2 rings (SSSR count). The van der Waals surface area contributed by atoms with E-state index in [2.05, 4.69) is 0 Å². The number of hydrogen-bond donors (Lipinski definition) is 1. The Balaban J connectivity index is 2.08. The molecule has 0 radical (unpaired) electrons. The van der Waals surface area contributed by atoms with Crippen molar-refractivity contribution in [3.8, 4) is 0 Å². The molecule has 2 saturated heterocycles. The van der Waals surface area contributed by atoms with Gasteiger partial charge in [0.05, 0.1) is 18.4 Å². The third-order valence-electron chi connectivity index (χ3n) is 3.05. The molecule has 2 aliphatic heterocycles. The van der Waals surface area contributed by atoms with Crippen LogP contribution in [0.3, 0.4) is 0 Å². The predicted octanol–water partition coefficient (Wildman–Crippen LogP) is -1.38. The number of carboxylic acids is 1. The van der Waals surface area contributed by atoms with Crippen LogP contribution in [0.5, 0.6) is 0 Å². The summed E-state index contributed by atoms with van der Waals surface area (Å²) in [7, 11) is 1.48. The first kappa shape index (κ1) is 10.1. The maximum absolute atomic E-state index is 11.6. The van der Waals surface area contributed by atoms with Crippen molar-refractivity contribution in [2.45, 2.75) is 0 Å². The Morgan fingerprint density at radius 3 is 2.20 bits per heavy atom. The predicted molar refractivity (Wildman–Crippen MR) is 48.8 cm³/mol. The van der Waals surface area contributed by atoms with Crippen LogP contribution in [-0.4, -0.2) is 59.4 Å². The molecule has 0 saturated carbocycles. The van der Waals surface area contributed by atoms with E-state index in [1.54, 1.807) is 4.90 Å². The van der Waals surface area contributed by atoms with E-state index >= 15 is 0 Å².